The fourth-order valence-electron chi connectivity index (χ4n) is 1.23. The minimum Gasteiger partial charge on any atom is -0.491 e. The van der Waals surface area contributed by atoms with Crippen LogP contribution in [0.25, 0.3) is 0 Å². The van der Waals surface area contributed by atoms with Gasteiger partial charge in [0.2, 0.25) is 0 Å². The van der Waals surface area contributed by atoms with E-state index < -0.39 is 0 Å². The molecule has 1 aromatic rings. The second-order valence-corrected chi connectivity index (χ2v) is 3.26. The van der Waals surface area contributed by atoms with Crippen molar-refractivity contribution in [1.82, 2.24) is 9.97 Å². The number of aryl methyl sites for hydroxylation is 1. The average Bonchev–Trinajstić information content (AvgIpc) is 2.89. The molecule has 0 amide bonds. The lowest BCUT2D eigenvalue weighted by Crippen LogP contribution is -2.06. The molecule has 4 heteroatoms. The van der Waals surface area contributed by atoms with Crippen LogP contribution in [-0.2, 0) is 0 Å². The average molecular weight is 179 g/mol. The van der Waals surface area contributed by atoms with Crippen LogP contribution in [0.5, 0.6) is 5.75 Å². The largest absolute Gasteiger partial charge is 0.491 e. The van der Waals surface area contributed by atoms with Gasteiger partial charge in [-0.05, 0) is 19.8 Å². The number of anilines is 1. The van der Waals surface area contributed by atoms with Gasteiger partial charge in [-0.3, -0.25) is 0 Å². The van der Waals surface area contributed by atoms with Crippen molar-refractivity contribution >= 4 is 5.82 Å². The minimum absolute atomic E-state index is 0.586. The molecule has 0 aromatic carbocycles. The molecule has 4 nitrogen and oxygen atoms in total. The van der Waals surface area contributed by atoms with Gasteiger partial charge in [0.15, 0.2) is 11.6 Å². The van der Waals surface area contributed by atoms with Gasteiger partial charge >= 0.3 is 0 Å². The van der Waals surface area contributed by atoms with Crippen LogP contribution in [0, 0.1) is 6.92 Å². The van der Waals surface area contributed by atoms with E-state index in [9.17, 15) is 0 Å². The molecule has 0 spiro atoms. The fraction of sp³-hybridized carbons (Fsp3) is 0.556. The minimum atomic E-state index is 0.586. The molecule has 13 heavy (non-hydrogen) atoms. The molecule has 1 fully saturated rings. The van der Waals surface area contributed by atoms with E-state index in [2.05, 4.69) is 15.3 Å². The van der Waals surface area contributed by atoms with Crippen LogP contribution in [0.2, 0.25) is 0 Å². The molecule has 0 bridgehead atoms. The molecule has 0 aliphatic heterocycles. The molecule has 1 heterocycles. The number of nitrogens with zero attached hydrogens (tertiary/aromatic N) is 2. The molecule has 70 valence electrons. The van der Waals surface area contributed by atoms with Crippen LogP contribution < -0.4 is 10.1 Å². The monoisotopic (exact) mass is 179 g/mol. The molecule has 0 unspecified atom stereocenters. The van der Waals surface area contributed by atoms with E-state index in [-0.39, 0.29) is 0 Å². The first kappa shape index (κ1) is 8.29. The molecule has 0 atom stereocenters. The number of ether oxygens (including phenoxy) is 1. The fourth-order valence-corrected chi connectivity index (χ4v) is 1.23. The lowest BCUT2D eigenvalue weighted by Gasteiger charge is -2.09. The Balaban J connectivity index is 2.25. The third kappa shape index (κ3) is 1.71. The zero-order valence-corrected chi connectivity index (χ0v) is 7.87. The molecular weight excluding hydrogens is 166 g/mol. The van der Waals surface area contributed by atoms with Gasteiger partial charge in [0, 0.05) is 6.04 Å². The molecular formula is C9H13N3O. The van der Waals surface area contributed by atoms with E-state index in [0.717, 1.165) is 17.3 Å². The number of methoxy groups -OCH3 is 1. The summed E-state index contributed by atoms with van der Waals surface area (Å²) in [7, 11) is 1.64. The molecule has 1 saturated carbocycles. The molecule has 1 aliphatic rings. The van der Waals surface area contributed by atoms with Crippen molar-refractivity contribution in [1.29, 1.82) is 0 Å². The highest BCUT2D eigenvalue weighted by molar-refractivity contribution is 5.52. The smallest absolute Gasteiger partial charge is 0.182 e. The van der Waals surface area contributed by atoms with E-state index in [1.54, 1.807) is 13.4 Å². The van der Waals surface area contributed by atoms with Gasteiger partial charge in [-0.15, -0.1) is 0 Å². The van der Waals surface area contributed by atoms with Gasteiger partial charge in [-0.1, -0.05) is 0 Å². The maximum absolute atomic E-state index is 5.22. The maximum Gasteiger partial charge on any atom is 0.182 e. The Bertz CT molecular complexity index is 310. The molecule has 1 N–H and O–H groups in total. The maximum atomic E-state index is 5.22. The zero-order valence-electron chi connectivity index (χ0n) is 7.87. The summed E-state index contributed by atoms with van der Waals surface area (Å²) in [5.41, 5.74) is 0.876. The Morgan fingerprint density at radius 3 is 2.85 bits per heavy atom. The van der Waals surface area contributed by atoms with Gasteiger partial charge < -0.3 is 10.1 Å². The molecule has 0 radical (unpaired) electrons. The highest BCUT2D eigenvalue weighted by atomic mass is 16.5. The number of hydrogen-bond acceptors (Lipinski definition) is 4. The molecule has 1 aliphatic carbocycles. The summed E-state index contributed by atoms with van der Waals surface area (Å²) in [5.74, 6) is 1.58. The van der Waals surface area contributed by atoms with Crippen molar-refractivity contribution in [3.8, 4) is 5.75 Å². The lowest BCUT2D eigenvalue weighted by molar-refractivity contribution is 0.409. The predicted octanol–water partition coefficient (Wildman–Crippen LogP) is 1.37. The van der Waals surface area contributed by atoms with Gasteiger partial charge in [0.05, 0.1) is 12.8 Å². The summed E-state index contributed by atoms with van der Waals surface area (Å²) in [5, 5.41) is 3.30. The first-order valence-electron chi connectivity index (χ1n) is 4.43. The van der Waals surface area contributed by atoms with Crippen LogP contribution in [0.1, 0.15) is 18.5 Å². The van der Waals surface area contributed by atoms with E-state index in [4.69, 9.17) is 4.74 Å². The Morgan fingerprint density at radius 1 is 1.46 bits per heavy atom. The van der Waals surface area contributed by atoms with Gasteiger partial charge in [-0.25, -0.2) is 9.97 Å². The topological polar surface area (TPSA) is 47.0 Å². The Kier molecular flexibility index (Phi) is 2.04. The Labute approximate surface area is 77.4 Å². The first-order valence-corrected chi connectivity index (χ1v) is 4.43. The van der Waals surface area contributed by atoms with Crippen molar-refractivity contribution < 1.29 is 4.74 Å². The third-order valence-corrected chi connectivity index (χ3v) is 2.10. The van der Waals surface area contributed by atoms with Crippen LogP contribution in [0.3, 0.4) is 0 Å². The Hall–Kier alpha value is -1.32. The van der Waals surface area contributed by atoms with E-state index in [0.29, 0.717) is 6.04 Å². The molecule has 2 rings (SSSR count). The summed E-state index contributed by atoms with van der Waals surface area (Å²) in [6.45, 7) is 1.92. The first-order chi connectivity index (χ1) is 6.31. The molecule has 1 aromatic heterocycles. The lowest BCUT2D eigenvalue weighted by atomic mass is 10.4. The van der Waals surface area contributed by atoms with Gasteiger partial charge in [-0.2, -0.15) is 0 Å². The second-order valence-electron chi connectivity index (χ2n) is 3.26. The standard InChI is InChI=1S/C9H13N3O/c1-6-8(13-2)9(11-5-10-6)12-7-3-4-7/h5,7H,3-4H2,1-2H3,(H,10,11,12). The predicted molar refractivity (Wildman–Crippen MR) is 50.0 cm³/mol. The Morgan fingerprint density at radius 2 is 2.23 bits per heavy atom. The van der Waals surface area contributed by atoms with Crippen LogP contribution in [0.15, 0.2) is 6.33 Å². The summed E-state index contributed by atoms with van der Waals surface area (Å²) in [4.78, 5) is 8.21. The van der Waals surface area contributed by atoms with Crippen LogP contribution >= 0.6 is 0 Å². The SMILES string of the molecule is COc1c(C)ncnc1NC1CC1. The summed E-state index contributed by atoms with van der Waals surface area (Å²) in [6, 6.07) is 0.586. The van der Waals surface area contributed by atoms with Gasteiger partial charge in [0.1, 0.15) is 6.33 Å². The van der Waals surface area contributed by atoms with Crippen molar-refractivity contribution in [2.75, 3.05) is 12.4 Å². The number of nitrogens with one attached hydrogen (secondary N) is 1. The van der Waals surface area contributed by atoms with E-state index in [1.165, 1.54) is 12.8 Å². The van der Waals surface area contributed by atoms with Crippen molar-refractivity contribution in [3.05, 3.63) is 12.0 Å². The normalized spacial score (nSPS) is 15.5. The summed E-state index contributed by atoms with van der Waals surface area (Å²) in [6.07, 6.45) is 4.01. The highest BCUT2D eigenvalue weighted by Crippen LogP contribution is 2.29. The van der Waals surface area contributed by atoms with Crippen LogP contribution in [0.4, 0.5) is 5.82 Å². The second kappa shape index (κ2) is 3.20. The number of rotatable bonds is 3. The summed E-state index contributed by atoms with van der Waals surface area (Å²) < 4.78 is 5.22. The van der Waals surface area contributed by atoms with Crippen molar-refractivity contribution in [2.45, 2.75) is 25.8 Å². The third-order valence-electron chi connectivity index (χ3n) is 2.10. The van der Waals surface area contributed by atoms with E-state index in [1.807, 2.05) is 6.92 Å². The zero-order chi connectivity index (χ0) is 9.26. The molecule has 0 saturated heterocycles. The van der Waals surface area contributed by atoms with Crippen molar-refractivity contribution in [2.24, 2.45) is 0 Å². The van der Waals surface area contributed by atoms with Crippen LogP contribution in [-0.4, -0.2) is 23.1 Å². The van der Waals surface area contributed by atoms with Crippen molar-refractivity contribution in [3.63, 3.8) is 0 Å². The highest BCUT2D eigenvalue weighted by Gasteiger charge is 2.23. The number of hydrogen-bond donors (Lipinski definition) is 1. The summed E-state index contributed by atoms with van der Waals surface area (Å²) >= 11 is 0. The van der Waals surface area contributed by atoms with Gasteiger partial charge in [0.25, 0.3) is 0 Å². The quantitative estimate of drug-likeness (QED) is 0.761. The number of aromatic nitrogens is 2. The van der Waals surface area contributed by atoms with E-state index >= 15 is 0 Å².